The Balaban J connectivity index is 0.899. The van der Waals surface area contributed by atoms with Crippen molar-refractivity contribution in [1.82, 2.24) is 9.97 Å². The molecule has 63 heavy (non-hydrogen) atoms. The summed E-state index contributed by atoms with van der Waals surface area (Å²) >= 11 is 1.81. The first-order valence-corrected chi connectivity index (χ1v) is 21.9. The molecule has 0 saturated carbocycles. The van der Waals surface area contributed by atoms with Crippen molar-refractivity contribution >= 4 is 67.0 Å². The van der Waals surface area contributed by atoms with Gasteiger partial charge in [-0.1, -0.05) is 158 Å². The van der Waals surface area contributed by atoms with Crippen molar-refractivity contribution in [1.29, 1.82) is 0 Å². The molecule has 0 N–H and O–H groups in total. The second kappa shape index (κ2) is 16.7. The molecular weight excluding hydrogens is 785 g/mol. The molecule has 298 valence electrons. The van der Waals surface area contributed by atoms with Crippen LogP contribution >= 0.6 is 11.3 Å². The highest BCUT2D eigenvalue weighted by Crippen LogP contribution is 2.43. The van der Waals surface area contributed by atoms with Gasteiger partial charge in [0.05, 0.1) is 23.8 Å². The number of hydrogen-bond donors (Lipinski definition) is 0. The van der Waals surface area contributed by atoms with Crippen molar-refractivity contribution < 1.29 is 0 Å². The molecule has 0 radical (unpaired) electrons. The Morgan fingerprint density at radius 3 is 0.968 bits per heavy atom. The average molecular weight is 825 g/mol. The first-order valence-electron chi connectivity index (χ1n) is 21.1. The molecule has 11 rings (SSSR count). The minimum absolute atomic E-state index is 1.04. The SMILES string of the molecule is c1ccc(-c2ccc(N(c3ccc(-c4ccc(-c5ccc(N(c6ccc(-c7ccccc7)cc6)c6cncc7ccccc67)cc5)s4)cc3)c3cncc4ccccc34)cc2)cc1. The van der Waals surface area contributed by atoms with Crippen LogP contribution < -0.4 is 9.80 Å². The van der Waals surface area contributed by atoms with E-state index in [4.69, 9.17) is 0 Å². The van der Waals surface area contributed by atoms with E-state index < -0.39 is 0 Å². The van der Waals surface area contributed by atoms with E-state index >= 15 is 0 Å². The van der Waals surface area contributed by atoms with Crippen molar-refractivity contribution in [3.05, 3.63) is 243 Å². The minimum Gasteiger partial charge on any atom is -0.308 e. The molecule has 0 aliphatic heterocycles. The summed E-state index contributed by atoms with van der Waals surface area (Å²) in [6.45, 7) is 0. The summed E-state index contributed by atoms with van der Waals surface area (Å²) in [7, 11) is 0. The maximum atomic E-state index is 4.67. The summed E-state index contributed by atoms with van der Waals surface area (Å²) in [6, 6.07) is 77.9. The summed E-state index contributed by atoms with van der Waals surface area (Å²) in [5.41, 5.74) is 13.5. The zero-order valence-corrected chi connectivity index (χ0v) is 35.1. The van der Waals surface area contributed by atoms with Gasteiger partial charge in [-0.2, -0.15) is 0 Å². The number of nitrogens with zero attached hydrogens (tertiary/aromatic N) is 4. The van der Waals surface area contributed by atoms with Gasteiger partial charge in [0.25, 0.3) is 0 Å². The number of hydrogen-bond acceptors (Lipinski definition) is 5. The molecule has 3 aromatic heterocycles. The Morgan fingerprint density at radius 1 is 0.270 bits per heavy atom. The number of fused-ring (bicyclic) bond motifs is 2. The van der Waals surface area contributed by atoms with Gasteiger partial charge in [-0.3, -0.25) is 9.97 Å². The number of aromatic nitrogens is 2. The quantitative estimate of drug-likeness (QED) is 0.138. The highest BCUT2D eigenvalue weighted by molar-refractivity contribution is 7.18. The lowest BCUT2D eigenvalue weighted by molar-refractivity contribution is 1.25. The monoisotopic (exact) mass is 824 g/mol. The second-order valence-electron chi connectivity index (χ2n) is 15.5. The highest BCUT2D eigenvalue weighted by Gasteiger charge is 2.19. The standard InChI is InChI=1S/C58H40N4S/c1-3-11-41(12-4-1)43-19-27-49(28-20-43)61(55-39-59-37-47-15-7-9-17-53(47)55)51-31-23-45(24-32-51)57-35-36-58(63-57)46-25-33-52(34-26-46)62(56-40-60-38-48-16-8-10-18-54(48)56)50-29-21-44(22-30-50)42-13-5-2-6-14-42/h1-40H. The third-order valence-electron chi connectivity index (χ3n) is 11.7. The highest BCUT2D eigenvalue weighted by atomic mass is 32.1. The number of anilines is 6. The van der Waals surface area contributed by atoms with Crippen LogP contribution in [0.5, 0.6) is 0 Å². The van der Waals surface area contributed by atoms with Crippen LogP contribution in [0, 0.1) is 0 Å². The smallest absolute Gasteiger partial charge is 0.0723 e. The maximum absolute atomic E-state index is 4.67. The summed E-state index contributed by atoms with van der Waals surface area (Å²) in [5, 5.41) is 4.51. The zero-order valence-electron chi connectivity index (χ0n) is 34.3. The molecule has 5 heteroatoms. The third-order valence-corrected chi connectivity index (χ3v) is 12.9. The molecule has 0 saturated heterocycles. The molecule has 0 fully saturated rings. The Hall–Kier alpha value is -8.12. The normalized spacial score (nSPS) is 11.2. The molecule has 0 bridgehead atoms. The molecule has 0 aliphatic carbocycles. The average Bonchev–Trinajstić information content (AvgIpc) is 3.86. The lowest BCUT2D eigenvalue weighted by Crippen LogP contribution is -2.10. The summed E-state index contributed by atoms with van der Waals surface area (Å²) in [4.78, 5) is 16.4. The first kappa shape index (κ1) is 37.8. The molecule has 0 amide bonds. The number of thiophene rings is 1. The minimum atomic E-state index is 1.04. The van der Waals surface area contributed by atoms with Crippen molar-refractivity contribution in [2.45, 2.75) is 0 Å². The topological polar surface area (TPSA) is 32.3 Å². The fourth-order valence-electron chi connectivity index (χ4n) is 8.48. The van der Waals surface area contributed by atoms with Crippen LogP contribution in [-0.2, 0) is 0 Å². The lowest BCUT2D eigenvalue weighted by atomic mass is 10.0. The van der Waals surface area contributed by atoms with Gasteiger partial charge in [0.15, 0.2) is 0 Å². The van der Waals surface area contributed by atoms with E-state index in [2.05, 4.69) is 238 Å². The van der Waals surface area contributed by atoms with E-state index in [1.807, 2.05) is 36.1 Å². The van der Waals surface area contributed by atoms with Gasteiger partial charge in [-0.05, 0) is 94.0 Å². The van der Waals surface area contributed by atoms with E-state index in [1.54, 1.807) is 0 Å². The predicted octanol–water partition coefficient (Wildman–Crippen LogP) is 16.5. The van der Waals surface area contributed by atoms with Gasteiger partial charge in [-0.15, -0.1) is 11.3 Å². The summed E-state index contributed by atoms with van der Waals surface area (Å²) in [6.07, 6.45) is 7.81. The van der Waals surface area contributed by atoms with E-state index in [0.717, 1.165) is 55.7 Å². The van der Waals surface area contributed by atoms with Crippen molar-refractivity contribution in [2.75, 3.05) is 9.80 Å². The zero-order chi connectivity index (χ0) is 42.0. The van der Waals surface area contributed by atoms with E-state index in [0.29, 0.717) is 0 Å². The molecule has 0 unspecified atom stereocenters. The molecule has 3 heterocycles. The van der Waals surface area contributed by atoms with Crippen molar-refractivity contribution in [2.24, 2.45) is 0 Å². The Bertz CT molecular complexity index is 3070. The van der Waals surface area contributed by atoms with Crippen LogP contribution in [-0.4, -0.2) is 9.97 Å². The largest absolute Gasteiger partial charge is 0.308 e. The Labute approximate surface area is 371 Å². The predicted molar refractivity (Wildman–Crippen MR) is 266 cm³/mol. The van der Waals surface area contributed by atoms with Gasteiger partial charge < -0.3 is 9.80 Å². The summed E-state index contributed by atoms with van der Waals surface area (Å²) in [5.74, 6) is 0. The molecule has 0 aliphatic rings. The van der Waals surface area contributed by atoms with Crippen LogP contribution in [0.3, 0.4) is 0 Å². The van der Waals surface area contributed by atoms with Crippen LogP contribution in [0.1, 0.15) is 0 Å². The van der Waals surface area contributed by atoms with Crippen LogP contribution in [0.15, 0.2) is 243 Å². The van der Waals surface area contributed by atoms with Gasteiger partial charge in [0.2, 0.25) is 0 Å². The van der Waals surface area contributed by atoms with Crippen LogP contribution in [0.25, 0.3) is 64.7 Å². The molecular formula is C58H40N4S. The maximum Gasteiger partial charge on any atom is 0.0723 e. The number of pyridine rings is 2. The molecule has 0 spiro atoms. The van der Waals surface area contributed by atoms with Crippen LogP contribution in [0.2, 0.25) is 0 Å². The molecule has 0 atom stereocenters. The van der Waals surface area contributed by atoms with Crippen molar-refractivity contribution in [3.63, 3.8) is 0 Å². The number of benzene rings is 8. The molecule has 11 aromatic rings. The van der Waals surface area contributed by atoms with Gasteiger partial charge in [0, 0.05) is 66.4 Å². The number of rotatable bonds is 10. The summed E-state index contributed by atoms with van der Waals surface area (Å²) < 4.78 is 0. The van der Waals surface area contributed by atoms with Gasteiger partial charge in [0.1, 0.15) is 0 Å². The molecule has 4 nitrogen and oxygen atoms in total. The second-order valence-corrected chi connectivity index (χ2v) is 16.6. The fraction of sp³-hybridized carbons (Fsp3) is 0. The third kappa shape index (κ3) is 7.52. The van der Waals surface area contributed by atoms with Crippen LogP contribution in [0.4, 0.5) is 34.1 Å². The van der Waals surface area contributed by atoms with Crippen molar-refractivity contribution in [3.8, 4) is 43.1 Å². The van der Waals surface area contributed by atoms with E-state index in [-0.39, 0.29) is 0 Å². The fourth-order valence-corrected chi connectivity index (χ4v) is 9.49. The Kier molecular flexibility index (Phi) is 10.1. The lowest BCUT2D eigenvalue weighted by Gasteiger charge is -2.27. The first-order chi connectivity index (χ1) is 31.2. The Morgan fingerprint density at radius 2 is 0.587 bits per heavy atom. The van der Waals surface area contributed by atoms with Gasteiger partial charge >= 0.3 is 0 Å². The molecule has 8 aromatic carbocycles. The van der Waals surface area contributed by atoms with E-state index in [1.165, 1.54) is 43.1 Å². The van der Waals surface area contributed by atoms with E-state index in [9.17, 15) is 0 Å². The van der Waals surface area contributed by atoms with Gasteiger partial charge in [-0.25, -0.2) is 0 Å².